The number of nitrogens with zero attached hydrogens (tertiary/aromatic N) is 2. The number of Topliss-reactive ketones (excluding diaryl/α,β-unsaturated/α-hetero) is 1. The number of carbonyl (C=O) groups excluding carboxylic acids is 1. The fourth-order valence-electron chi connectivity index (χ4n) is 2.64. The smallest absolute Gasteiger partial charge is 0.173 e. The van der Waals surface area contributed by atoms with Crippen LogP contribution in [0, 0.1) is 0 Å². The van der Waals surface area contributed by atoms with Crippen LogP contribution in [0.15, 0.2) is 35.7 Å². The van der Waals surface area contributed by atoms with Crippen LogP contribution in [0.1, 0.15) is 34.8 Å². The van der Waals surface area contributed by atoms with Crippen molar-refractivity contribution in [1.29, 1.82) is 0 Å². The average Bonchev–Trinajstić information content (AvgIpc) is 3.12. The van der Waals surface area contributed by atoms with Crippen molar-refractivity contribution < 1.29 is 4.79 Å². The normalized spacial score (nSPS) is 13.4. The van der Waals surface area contributed by atoms with Gasteiger partial charge in [0.1, 0.15) is 0 Å². The number of carbonyl (C=O) groups is 1. The first-order chi connectivity index (χ1) is 9.78. The van der Waals surface area contributed by atoms with Crippen molar-refractivity contribution in [2.45, 2.75) is 37.9 Å². The highest BCUT2D eigenvalue weighted by Gasteiger charge is 2.14. The van der Waals surface area contributed by atoms with E-state index in [1.807, 2.05) is 12.3 Å². The van der Waals surface area contributed by atoms with E-state index in [-0.39, 0.29) is 5.78 Å². The van der Waals surface area contributed by atoms with Crippen LogP contribution in [0.5, 0.6) is 0 Å². The van der Waals surface area contributed by atoms with Crippen molar-refractivity contribution in [2.24, 2.45) is 0 Å². The standard InChI is InChI=1S/C16H18N2OS/c1-2-18-9-8-17-16(18)20-11-15(19)14-7-6-12-4-3-5-13(12)10-14/h6-10H,2-5,11H2,1H3. The lowest BCUT2D eigenvalue weighted by Gasteiger charge is -2.05. The number of imidazole rings is 1. The summed E-state index contributed by atoms with van der Waals surface area (Å²) in [6.45, 7) is 2.96. The molecule has 20 heavy (non-hydrogen) atoms. The molecule has 0 spiro atoms. The number of hydrogen-bond acceptors (Lipinski definition) is 3. The van der Waals surface area contributed by atoms with Gasteiger partial charge in [-0.25, -0.2) is 4.98 Å². The molecule has 0 bridgehead atoms. The lowest BCUT2D eigenvalue weighted by molar-refractivity contribution is 0.102. The van der Waals surface area contributed by atoms with E-state index in [0.717, 1.165) is 30.1 Å². The maximum atomic E-state index is 12.3. The molecule has 0 radical (unpaired) electrons. The number of ketones is 1. The summed E-state index contributed by atoms with van der Waals surface area (Å²) in [6.07, 6.45) is 7.22. The Kier molecular flexibility index (Phi) is 3.92. The van der Waals surface area contributed by atoms with Gasteiger partial charge in [-0.3, -0.25) is 4.79 Å². The summed E-state index contributed by atoms with van der Waals surface area (Å²) in [6, 6.07) is 6.17. The first kappa shape index (κ1) is 13.4. The summed E-state index contributed by atoms with van der Waals surface area (Å²) in [5.74, 6) is 0.644. The van der Waals surface area contributed by atoms with Crippen LogP contribution in [0.3, 0.4) is 0 Å². The lowest BCUT2D eigenvalue weighted by atomic mass is 10.0. The molecule has 0 fully saturated rings. The SMILES string of the molecule is CCn1ccnc1SCC(=O)c1ccc2c(c1)CCC2. The van der Waals surface area contributed by atoms with Crippen molar-refractivity contribution in [3.8, 4) is 0 Å². The summed E-state index contributed by atoms with van der Waals surface area (Å²) in [4.78, 5) is 16.6. The fourth-order valence-corrected chi connectivity index (χ4v) is 3.55. The zero-order valence-corrected chi connectivity index (χ0v) is 12.4. The highest BCUT2D eigenvalue weighted by molar-refractivity contribution is 7.99. The van der Waals surface area contributed by atoms with Gasteiger partial charge >= 0.3 is 0 Å². The molecular formula is C16H18N2OS. The van der Waals surface area contributed by atoms with Gasteiger partial charge in [0, 0.05) is 24.5 Å². The first-order valence-electron chi connectivity index (χ1n) is 7.07. The van der Waals surface area contributed by atoms with Gasteiger partial charge in [0.15, 0.2) is 10.9 Å². The van der Waals surface area contributed by atoms with Crippen molar-refractivity contribution >= 4 is 17.5 Å². The minimum Gasteiger partial charge on any atom is -0.326 e. The van der Waals surface area contributed by atoms with E-state index in [0.29, 0.717) is 5.75 Å². The van der Waals surface area contributed by atoms with Gasteiger partial charge < -0.3 is 4.57 Å². The predicted octanol–water partition coefficient (Wildman–Crippen LogP) is 3.37. The molecule has 0 saturated heterocycles. The highest BCUT2D eigenvalue weighted by atomic mass is 32.2. The molecule has 1 aromatic heterocycles. The Hall–Kier alpha value is -1.55. The topological polar surface area (TPSA) is 34.9 Å². The Morgan fingerprint density at radius 2 is 2.20 bits per heavy atom. The molecule has 0 aliphatic heterocycles. The van der Waals surface area contributed by atoms with E-state index in [4.69, 9.17) is 0 Å². The van der Waals surface area contributed by atoms with Crippen LogP contribution < -0.4 is 0 Å². The van der Waals surface area contributed by atoms with Crippen molar-refractivity contribution in [3.05, 3.63) is 47.3 Å². The summed E-state index contributed by atoms with van der Waals surface area (Å²) in [7, 11) is 0. The minimum absolute atomic E-state index is 0.190. The number of aryl methyl sites for hydroxylation is 3. The van der Waals surface area contributed by atoms with Crippen molar-refractivity contribution in [1.82, 2.24) is 9.55 Å². The van der Waals surface area contributed by atoms with Gasteiger partial charge in [-0.1, -0.05) is 23.9 Å². The lowest BCUT2D eigenvalue weighted by Crippen LogP contribution is -2.05. The number of aromatic nitrogens is 2. The molecule has 1 aromatic carbocycles. The quantitative estimate of drug-likeness (QED) is 0.624. The molecule has 3 nitrogen and oxygen atoms in total. The Morgan fingerprint density at radius 3 is 3.05 bits per heavy atom. The zero-order chi connectivity index (χ0) is 13.9. The second-order valence-electron chi connectivity index (χ2n) is 5.04. The number of benzene rings is 1. The Morgan fingerprint density at radius 1 is 1.35 bits per heavy atom. The number of rotatable bonds is 5. The first-order valence-corrected chi connectivity index (χ1v) is 8.05. The van der Waals surface area contributed by atoms with Crippen LogP contribution in [0.4, 0.5) is 0 Å². The third-order valence-corrected chi connectivity index (χ3v) is 4.78. The van der Waals surface area contributed by atoms with Gasteiger partial charge in [-0.05, 0) is 43.4 Å². The average molecular weight is 286 g/mol. The Bertz CT molecular complexity index is 633. The van der Waals surface area contributed by atoms with Crippen LogP contribution in [-0.2, 0) is 19.4 Å². The second kappa shape index (κ2) is 5.83. The van der Waals surface area contributed by atoms with E-state index in [2.05, 4.69) is 28.6 Å². The molecule has 0 amide bonds. The third kappa shape index (κ3) is 2.66. The molecule has 0 saturated carbocycles. The highest BCUT2D eigenvalue weighted by Crippen LogP contribution is 2.24. The molecule has 2 aromatic rings. The monoisotopic (exact) mass is 286 g/mol. The van der Waals surface area contributed by atoms with Crippen LogP contribution >= 0.6 is 11.8 Å². The molecule has 104 valence electrons. The van der Waals surface area contributed by atoms with Crippen LogP contribution in [0.25, 0.3) is 0 Å². The van der Waals surface area contributed by atoms with E-state index in [9.17, 15) is 4.79 Å². The summed E-state index contributed by atoms with van der Waals surface area (Å²) >= 11 is 1.52. The summed E-state index contributed by atoms with van der Waals surface area (Å²) < 4.78 is 2.06. The van der Waals surface area contributed by atoms with Gasteiger partial charge in [-0.2, -0.15) is 0 Å². The van der Waals surface area contributed by atoms with Gasteiger partial charge in [0.05, 0.1) is 5.75 Å². The summed E-state index contributed by atoms with van der Waals surface area (Å²) in [5, 5.41) is 0.919. The fraction of sp³-hybridized carbons (Fsp3) is 0.375. The largest absolute Gasteiger partial charge is 0.326 e. The summed E-state index contributed by atoms with van der Waals surface area (Å²) in [5.41, 5.74) is 3.61. The maximum Gasteiger partial charge on any atom is 0.173 e. The number of thioether (sulfide) groups is 1. The van der Waals surface area contributed by atoms with Crippen LogP contribution in [-0.4, -0.2) is 21.1 Å². The zero-order valence-electron chi connectivity index (χ0n) is 11.6. The van der Waals surface area contributed by atoms with E-state index in [1.54, 1.807) is 6.20 Å². The molecule has 3 rings (SSSR count). The molecular weight excluding hydrogens is 268 g/mol. The molecule has 1 aliphatic rings. The van der Waals surface area contributed by atoms with E-state index < -0.39 is 0 Å². The van der Waals surface area contributed by atoms with Crippen molar-refractivity contribution in [3.63, 3.8) is 0 Å². The maximum absolute atomic E-state index is 12.3. The molecule has 4 heteroatoms. The van der Waals surface area contributed by atoms with Gasteiger partial charge in [0.25, 0.3) is 0 Å². The molecule has 0 N–H and O–H groups in total. The van der Waals surface area contributed by atoms with Gasteiger partial charge in [-0.15, -0.1) is 0 Å². The second-order valence-corrected chi connectivity index (χ2v) is 5.99. The van der Waals surface area contributed by atoms with Crippen LogP contribution in [0.2, 0.25) is 0 Å². The van der Waals surface area contributed by atoms with E-state index >= 15 is 0 Å². The minimum atomic E-state index is 0.190. The van der Waals surface area contributed by atoms with Gasteiger partial charge in [0.2, 0.25) is 0 Å². The Labute approximate surface area is 123 Å². The van der Waals surface area contributed by atoms with E-state index in [1.165, 1.54) is 29.3 Å². The number of fused-ring (bicyclic) bond motifs is 1. The number of hydrogen-bond donors (Lipinski definition) is 0. The molecule has 0 atom stereocenters. The molecule has 1 heterocycles. The Balaban J connectivity index is 1.67. The predicted molar refractivity (Wildman–Crippen MR) is 81.4 cm³/mol. The molecule has 0 unspecified atom stereocenters. The third-order valence-electron chi connectivity index (χ3n) is 3.77. The van der Waals surface area contributed by atoms with Crippen molar-refractivity contribution in [2.75, 3.05) is 5.75 Å². The molecule has 1 aliphatic carbocycles.